The fourth-order valence-corrected chi connectivity index (χ4v) is 0.550. The summed E-state index contributed by atoms with van der Waals surface area (Å²) in [6.45, 7) is 4.53. The molecule has 0 aromatic rings. The zero-order valence-corrected chi connectivity index (χ0v) is 5.33. The van der Waals surface area contributed by atoms with Gasteiger partial charge in [-0.25, -0.2) is 0 Å². The maximum atomic E-state index is 10.2. The van der Waals surface area contributed by atoms with Crippen LogP contribution in [0, 0.1) is 0 Å². The highest BCUT2D eigenvalue weighted by Crippen LogP contribution is 2.01. The van der Waals surface area contributed by atoms with Crippen LogP contribution in [0.15, 0.2) is 12.7 Å². The fraction of sp³-hybridized carbons (Fsp3) is 0.200. The summed E-state index contributed by atoms with van der Waals surface area (Å²) in [5.41, 5.74) is 0. The van der Waals surface area contributed by atoms with Crippen LogP contribution in [0.1, 0.15) is 6.92 Å². The summed E-state index contributed by atoms with van der Waals surface area (Å²) < 4.78 is 0. The van der Waals surface area contributed by atoms with E-state index in [-0.39, 0.29) is 10.2 Å². The zero-order valence-electron chi connectivity index (χ0n) is 4.51. The molecule has 8 heavy (non-hydrogen) atoms. The molecule has 0 aromatic carbocycles. The highest BCUT2D eigenvalue weighted by atomic mass is 32.2. The average Bonchev–Trinajstić information content (AvgIpc) is 1.65. The van der Waals surface area contributed by atoms with Crippen LogP contribution in [-0.4, -0.2) is 10.2 Å². The second-order valence-electron chi connectivity index (χ2n) is 1.12. The Morgan fingerprint density at radius 1 is 1.62 bits per heavy atom. The molecule has 0 aliphatic heterocycles. The van der Waals surface area contributed by atoms with Crippen molar-refractivity contribution in [3.05, 3.63) is 12.7 Å². The van der Waals surface area contributed by atoms with Gasteiger partial charge >= 0.3 is 0 Å². The third kappa shape index (κ3) is 3.61. The van der Waals surface area contributed by atoms with Gasteiger partial charge in [-0.15, -0.1) is 0 Å². The van der Waals surface area contributed by atoms with Crippen molar-refractivity contribution in [2.45, 2.75) is 6.92 Å². The highest BCUT2D eigenvalue weighted by molar-refractivity contribution is 8.26. The normalized spacial score (nSPS) is 8.12. The first-order valence-electron chi connectivity index (χ1n) is 2.01. The quantitative estimate of drug-likeness (QED) is 0.496. The van der Waals surface area contributed by atoms with E-state index < -0.39 is 0 Å². The van der Waals surface area contributed by atoms with E-state index in [9.17, 15) is 9.59 Å². The minimum absolute atomic E-state index is 0.199. The van der Waals surface area contributed by atoms with Crippen molar-refractivity contribution in [2.75, 3.05) is 0 Å². The molecule has 0 spiro atoms. The number of hydrogen-bond donors (Lipinski definition) is 0. The van der Waals surface area contributed by atoms with Crippen LogP contribution in [-0.2, 0) is 9.59 Å². The first-order valence-corrected chi connectivity index (χ1v) is 2.83. The lowest BCUT2D eigenvalue weighted by molar-refractivity contribution is -0.110. The Morgan fingerprint density at radius 2 is 2.12 bits per heavy atom. The molecule has 0 fully saturated rings. The SMILES string of the molecule is C=CC(=O)SC(C)=O. The first-order chi connectivity index (χ1) is 3.66. The van der Waals surface area contributed by atoms with Crippen molar-refractivity contribution in [2.24, 2.45) is 0 Å². The van der Waals surface area contributed by atoms with Crippen LogP contribution < -0.4 is 0 Å². The maximum Gasteiger partial charge on any atom is 0.219 e. The lowest BCUT2D eigenvalue weighted by atomic mass is 10.7. The lowest BCUT2D eigenvalue weighted by Crippen LogP contribution is -1.88. The third-order valence-corrected chi connectivity index (χ3v) is 1.07. The van der Waals surface area contributed by atoms with E-state index in [0.29, 0.717) is 11.8 Å². The van der Waals surface area contributed by atoms with Gasteiger partial charge < -0.3 is 0 Å². The van der Waals surface area contributed by atoms with Crippen molar-refractivity contribution >= 4 is 22.0 Å². The summed E-state index contributed by atoms with van der Waals surface area (Å²) in [4.78, 5) is 20.4. The Morgan fingerprint density at radius 3 is 2.25 bits per heavy atom. The molecular weight excluding hydrogens is 124 g/mol. The number of carbonyl (C=O) groups excluding carboxylic acids is 2. The lowest BCUT2D eigenvalue weighted by Gasteiger charge is -1.82. The molecule has 0 N–H and O–H groups in total. The Balaban J connectivity index is 3.55. The van der Waals surface area contributed by atoms with Crippen LogP contribution in [0.25, 0.3) is 0 Å². The average molecular weight is 130 g/mol. The van der Waals surface area contributed by atoms with Crippen LogP contribution in [0.5, 0.6) is 0 Å². The van der Waals surface area contributed by atoms with E-state index in [0.717, 1.165) is 6.08 Å². The van der Waals surface area contributed by atoms with Gasteiger partial charge in [0, 0.05) is 6.92 Å². The number of hydrogen-bond acceptors (Lipinski definition) is 3. The van der Waals surface area contributed by atoms with Gasteiger partial charge in [0.05, 0.1) is 0 Å². The van der Waals surface area contributed by atoms with E-state index in [1.165, 1.54) is 6.92 Å². The molecule has 2 nitrogen and oxygen atoms in total. The molecule has 0 heterocycles. The van der Waals surface area contributed by atoms with Gasteiger partial charge in [0.25, 0.3) is 0 Å². The largest absolute Gasteiger partial charge is 0.287 e. The summed E-state index contributed by atoms with van der Waals surface area (Å²) in [5, 5.41) is -0.493. The molecule has 44 valence electrons. The monoisotopic (exact) mass is 130 g/mol. The van der Waals surface area contributed by atoms with Gasteiger partial charge in [-0.2, -0.15) is 0 Å². The molecular formula is C5H6O2S. The molecule has 0 aliphatic carbocycles. The van der Waals surface area contributed by atoms with Crippen LogP contribution >= 0.6 is 11.8 Å². The van der Waals surface area contributed by atoms with Crippen molar-refractivity contribution in [1.29, 1.82) is 0 Å². The summed E-state index contributed by atoms with van der Waals surface area (Å²) in [6.07, 6.45) is 1.12. The van der Waals surface area contributed by atoms with Crippen LogP contribution in [0.2, 0.25) is 0 Å². The van der Waals surface area contributed by atoms with E-state index in [4.69, 9.17) is 0 Å². The molecule has 0 rings (SSSR count). The van der Waals surface area contributed by atoms with Crippen LogP contribution in [0.4, 0.5) is 0 Å². The van der Waals surface area contributed by atoms with E-state index >= 15 is 0 Å². The summed E-state index contributed by atoms with van der Waals surface area (Å²) in [5.74, 6) is 0. The van der Waals surface area contributed by atoms with Crippen molar-refractivity contribution in [3.8, 4) is 0 Å². The third-order valence-electron chi connectivity index (χ3n) is 0.411. The number of carbonyl (C=O) groups is 2. The fourth-order valence-electron chi connectivity index (χ4n) is 0.183. The minimum atomic E-state index is -0.294. The van der Waals surface area contributed by atoms with E-state index in [2.05, 4.69) is 6.58 Å². The zero-order chi connectivity index (χ0) is 6.57. The number of thioether (sulfide) groups is 1. The van der Waals surface area contributed by atoms with Gasteiger partial charge in [-0.05, 0) is 17.8 Å². The number of rotatable bonds is 1. The molecule has 0 aliphatic rings. The van der Waals surface area contributed by atoms with E-state index in [1.54, 1.807) is 0 Å². The van der Waals surface area contributed by atoms with Crippen molar-refractivity contribution in [3.63, 3.8) is 0 Å². The predicted molar refractivity (Wildman–Crippen MR) is 33.5 cm³/mol. The molecule has 0 amide bonds. The highest BCUT2D eigenvalue weighted by Gasteiger charge is 1.98. The Labute approximate surface area is 52.0 Å². The maximum absolute atomic E-state index is 10.2. The smallest absolute Gasteiger partial charge is 0.219 e. The second kappa shape index (κ2) is 3.43. The molecule has 0 aromatic heterocycles. The van der Waals surface area contributed by atoms with Crippen molar-refractivity contribution < 1.29 is 9.59 Å². The van der Waals surface area contributed by atoms with Gasteiger partial charge in [-0.1, -0.05) is 6.58 Å². The topological polar surface area (TPSA) is 34.1 Å². The second-order valence-corrected chi connectivity index (χ2v) is 2.30. The molecule has 0 radical (unpaired) electrons. The first kappa shape index (κ1) is 7.43. The summed E-state index contributed by atoms with van der Waals surface area (Å²) >= 11 is 0.659. The van der Waals surface area contributed by atoms with Crippen LogP contribution in [0.3, 0.4) is 0 Å². The Hall–Kier alpha value is -0.570. The predicted octanol–water partition coefficient (Wildman–Crippen LogP) is 0.979. The Kier molecular flexibility index (Phi) is 3.19. The molecule has 3 heteroatoms. The minimum Gasteiger partial charge on any atom is -0.287 e. The van der Waals surface area contributed by atoms with Crippen molar-refractivity contribution in [1.82, 2.24) is 0 Å². The molecule has 0 atom stereocenters. The van der Waals surface area contributed by atoms with Gasteiger partial charge in [0.2, 0.25) is 5.12 Å². The standard InChI is InChI=1S/C5H6O2S/c1-3-5(7)8-4(2)6/h3H,1H2,2H3. The van der Waals surface area contributed by atoms with Gasteiger partial charge in [-0.3, -0.25) is 9.59 Å². The molecule has 0 saturated carbocycles. The summed E-state index contributed by atoms with van der Waals surface area (Å²) in [6, 6.07) is 0. The van der Waals surface area contributed by atoms with Gasteiger partial charge in [0.15, 0.2) is 5.12 Å². The van der Waals surface area contributed by atoms with Gasteiger partial charge in [0.1, 0.15) is 0 Å². The summed E-state index contributed by atoms with van der Waals surface area (Å²) in [7, 11) is 0. The molecule has 0 unspecified atom stereocenters. The van der Waals surface area contributed by atoms with E-state index in [1.807, 2.05) is 0 Å². The molecule has 0 saturated heterocycles. The Bertz CT molecular complexity index is 128. The molecule has 0 bridgehead atoms.